The maximum Gasteiger partial charge on any atom is 0.416 e. The van der Waals surface area contributed by atoms with Gasteiger partial charge in [-0.3, -0.25) is 4.57 Å². The zero-order chi connectivity index (χ0) is 24.2. The minimum absolute atomic E-state index is 0.192. The average molecular weight is 513 g/mol. The number of rotatable bonds is 9. The lowest BCUT2D eigenvalue weighted by Crippen LogP contribution is -2.29. The van der Waals surface area contributed by atoms with Crippen LogP contribution >= 0.6 is 31.1 Å². The quantitative estimate of drug-likeness (QED) is 0.310. The molecule has 0 bridgehead atoms. The maximum absolute atomic E-state index is 13.9. The third-order valence-corrected chi connectivity index (χ3v) is 9.52. The number of alkyl halides is 3. The molecule has 1 aliphatic heterocycles. The van der Waals surface area contributed by atoms with Crippen molar-refractivity contribution in [1.82, 2.24) is 0 Å². The highest BCUT2D eigenvalue weighted by Crippen LogP contribution is 2.67. The Hall–Kier alpha value is -0.440. The van der Waals surface area contributed by atoms with Crippen molar-refractivity contribution in [3.8, 4) is 0 Å². The second kappa shape index (κ2) is 11.3. The smallest absolute Gasteiger partial charge is 0.362 e. The number of allylic oxidation sites excluding steroid dienone is 1. The Morgan fingerprint density at radius 1 is 1.06 bits per heavy atom. The molecule has 0 radical (unpaired) electrons. The molecular weight excluding hydrogens is 480 g/mol. The van der Waals surface area contributed by atoms with E-state index in [2.05, 4.69) is 0 Å². The Bertz CT molecular complexity index is 825. The van der Waals surface area contributed by atoms with Gasteiger partial charge in [0.05, 0.1) is 33.9 Å². The molecule has 0 aliphatic carbocycles. The summed E-state index contributed by atoms with van der Waals surface area (Å²) in [6, 6.07) is 5.03. The monoisotopic (exact) mass is 512 g/mol. The first-order valence-electron chi connectivity index (χ1n) is 10.6. The summed E-state index contributed by atoms with van der Waals surface area (Å²) < 4.78 is 71.6. The van der Waals surface area contributed by atoms with Gasteiger partial charge in [0.2, 0.25) is 0 Å². The Balaban J connectivity index is 2.64. The fourth-order valence-electron chi connectivity index (χ4n) is 3.40. The van der Waals surface area contributed by atoms with E-state index in [0.717, 1.165) is 22.1 Å². The van der Waals surface area contributed by atoms with E-state index in [1.54, 1.807) is 13.8 Å². The summed E-state index contributed by atoms with van der Waals surface area (Å²) in [5.41, 5.74) is -0.757. The highest BCUT2D eigenvalue weighted by Gasteiger charge is 2.44. The maximum atomic E-state index is 13.9. The van der Waals surface area contributed by atoms with Crippen molar-refractivity contribution in [1.29, 1.82) is 0 Å². The Morgan fingerprint density at radius 3 is 2.06 bits per heavy atom. The van der Waals surface area contributed by atoms with Crippen LogP contribution in [0.25, 0.3) is 0 Å². The van der Waals surface area contributed by atoms with E-state index >= 15 is 0 Å². The number of halogens is 3. The second-order valence-electron chi connectivity index (χ2n) is 8.12. The average Bonchev–Trinajstić information content (AvgIpc) is 2.66. The minimum atomic E-state index is -4.42. The van der Waals surface area contributed by atoms with Crippen LogP contribution in [0.4, 0.5) is 13.2 Å². The summed E-state index contributed by atoms with van der Waals surface area (Å²) in [7, 11) is -3.66. The SMILES string of the molecule is CCOP(=O)(OCC)C1=C(SCC)S[C@@H](OC(C)(C)C)C[C@@H]1c1ccc(C(F)(F)F)cc1. The molecule has 10 heteroatoms. The highest BCUT2D eigenvalue weighted by atomic mass is 32.2. The predicted octanol–water partition coefficient (Wildman–Crippen LogP) is 8.26. The molecule has 32 heavy (non-hydrogen) atoms. The molecule has 0 amide bonds. The summed E-state index contributed by atoms with van der Waals surface area (Å²) in [5, 5.41) is 0.520. The van der Waals surface area contributed by atoms with Crippen LogP contribution in [0.5, 0.6) is 0 Å². The van der Waals surface area contributed by atoms with Crippen LogP contribution in [0.1, 0.15) is 65.0 Å². The van der Waals surface area contributed by atoms with Gasteiger partial charge in [-0.15, -0.1) is 11.8 Å². The molecule has 0 unspecified atom stereocenters. The Kier molecular flexibility index (Phi) is 9.84. The van der Waals surface area contributed by atoms with Gasteiger partial charge in [-0.2, -0.15) is 13.2 Å². The third-order valence-electron chi connectivity index (χ3n) is 4.50. The fourth-order valence-corrected chi connectivity index (χ4v) is 8.94. The van der Waals surface area contributed by atoms with Gasteiger partial charge < -0.3 is 13.8 Å². The van der Waals surface area contributed by atoms with Crippen molar-refractivity contribution in [2.45, 2.75) is 71.1 Å². The molecule has 1 aromatic rings. The summed E-state index contributed by atoms with van der Waals surface area (Å²) in [6.45, 7) is 11.7. The van der Waals surface area contributed by atoms with E-state index in [0.29, 0.717) is 17.3 Å². The van der Waals surface area contributed by atoms with Gasteiger partial charge in [-0.1, -0.05) is 30.8 Å². The molecule has 2 atom stereocenters. The van der Waals surface area contributed by atoms with Gasteiger partial charge in [0.15, 0.2) is 0 Å². The number of benzene rings is 1. The number of hydrogen-bond acceptors (Lipinski definition) is 6. The van der Waals surface area contributed by atoms with Crippen LogP contribution in [0.15, 0.2) is 33.8 Å². The van der Waals surface area contributed by atoms with Crippen LogP contribution in [0, 0.1) is 0 Å². The topological polar surface area (TPSA) is 44.8 Å². The molecule has 0 saturated heterocycles. The van der Waals surface area contributed by atoms with Crippen LogP contribution in [-0.4, -0.2) is 30.0 Å². The van der Waals surface area contributed by atoms with E-state index < -0.39 is 30.9 Å². The lowest BCUT2D eigenvalue weighted by molar-refractivity contribution is -0.137. The first kappa shape index (κ1) is 27.8. The van der Waals surface area contributed by atoms with Gasteiger partial charge in [0.1, 0.15) is 5.44 Å². The lowest BCUT2D eigenvalue weighted by Gasteiger charge is -2.38. The van der Waals surface area contributed by atoms with Crippen molar-refractivity contribution in [3.63, 3.8) is 0 Å². The zero-order valence-corrected chi connectivity index (χ0v) is 21.9. The van der Waals surface area contributed by atoms with E-state index in [1.807, 2.05) is 27.7 Å². The molecule has 1 aliphatic rings. The van der Waals surface area contributed by atoms with Crippen molar-refractivity contribution < 1.29 is 31.5 Å². The molecule has 0 spiro atoms. The number of ether oxygens (including phenoxy) is 1. The van der Waals surface area contributed by atoms with Crippen molar-refractivity contribution >= 4 is 31.1 Å². The molecule has 1 heterocycles. The van der Waals surface area contributed by atoms with Gasteiger partial charge in [0.25, 0.3) is 0 Å². The van der Waals surface area contributed by atoms with E-state index in [1.165, 1.54) is 35.7 Å². The second-order valence-corrected chi connectivity index (χ2v) is 12.8. The molecule has 1 aromatic carbocycles. The molecular formula is C22H32F3O4PS2. The Labute approximate surface area is 197 Å². The molecule has 182 valence electrons. The third kappa shape index (κ3) is 7.28. The zero-order valence-electron chi connectivity index (χ0n) is 19.3. The number of thioether (sulfide) groups is 2. The fraction of sp³-hybridized carbons (Fsp3) is 0.636. The van der Waals surface area contributed by atoms with Crippen LogP contribution in [-0.2, 0) is 24.5 Å². The van der Waals surface area contributed by atoms with Gasteiger partial charge in [-0.05, 0) is 64.5 Å². The van der Waals surface area contributed by atoms with Crippen molar-refractivity contribution in [3.05, 3.63) is 44.9 Å². The van der Waals surface area contributed by atoms with Crippen LogP contribution in [0.3, 0.4) is 0 Å². The van der Waals surface area contributed by atoms with Gasteiger partial charge in [0, 0.05) is 5.92 Å². The van der Waals surface area contributed by atoms with Crippen LogP contribution in [0.2, 0.25) is 0 Å². The highest BCUT2D eigenvalue weighted by molar-refractivity contribution is 8.22. The first-order chi connectivity index (χ1) is 14.8. The van der Waals surface area contributed by atoms with E-state index in [9.17, 15) is 17.7 Å². The van der Waals surface area contributed by atoms with Gasteiger partial charge >= 0.3 is 13.8 Å². The van der Waals surface area contributed by atoms with E-state index in [4.69, 9.17) is 13.8 Å². The summed E-state index contributed by atoms with van der Waals surface area (Å²) in [6.07, 6.45) is -3.98. The lowest BCUT2D eigenvalue weighted by atomic mass is 9.94. The summed E-state index contributed by atoms with van der Waals surface area (Å²) in [5.74, 6) is 0.273. The van der Waals surface area contributed by atoms with Crippen LogP contribution < -0.4 is 0 Å². The standard InChI is InChI=1S/C22H32F3O4PS2/c1-7-27-30(26,28-8-2)19-17(15-10-12-16(13-11-15)22(23,24)25)14-18(29-21(4,5)6)32-20(19)31-9-3/h10-13,17-18H,7-9,14H2,1-6H3/t17-,18-/m1/s1. The molecule has 0 N–H and O–H groups in total. The molecule has 2 rings (SSSR count). The minimum Gasteiger partial charge on any atom is -0.362 e. The van der Waals surface area contributed by atoms with Crippen molar-refractivity contribution in [2.24, 2.45) is 0 Å². The largest absolute Gasteiger partial charge is 0.416 e. The number of hydrogen-bond donors (Lipinski definition) is 0. The van der Waals surface area contributed by atoms with Gasteiger partial charge in [-0.25, -0.2) is 0 Å². The molecule has 0 saturated carbocycles. The molecule has 0 aromatic heterocycles. The Morgan fingerprint density at radius 2 is 1.62 bits per heavy atom. The summed E-state index contributed by atoms with van der Waals surface area (Å²) >= 11 is 3.01. The summed E-state index contributed by atoms with van der Waals surface area (Å²) in [4.78, 5) is 0. The predicted molar refractivity (Wildman–Crippen MR) is 127 cm³/mol. The first-order valence-corrected chi connectivity index (χ1v) is 14.0. The van der Waals surface area contributed by atoms with E-state index in [-0.39, 0.29) is 18.6 Å². The molecule has 0 fully saturated rings. The van der Waals surface area contributed by atoms with Crippen molar-refractivity contribution in [2.75, 3.05) is 19.0 Å². The molecule has 4 nitrogen and oxygen atoms in total. The normalized spacial score (nSPS) is 20.7.